The van der Waals surface area contributed by atoms with Crippen molar-refractivity contribution in [2.45, 2.75) is 93.9 Å². The maximum atomic E-state index is 14.7. The molecule has 2 N–H and O–H groups in total. The summed E-state index contributed by atoms with van der Waals surface area (Å²) in [6, 6.07) is 29.6. The van der Waals surface area contributed by atoms with Crippen molar-refractivity contribution in [2.75, 3.05) is 32.7 Å². The molecule has 2 saturated carbocycles. The summed E-state index contributed by atoms with van der Waals surface area (Å²) in [4.78, 5) is 48.9. The van der Waals surface area contributed by atoms with Crippen molar-refractivity contribution < 1.29 is 19.5 Å². The van der Waals surface area contributed by atoms with Crippen molar-refractivity contribution in [3.05, 3.63) is 108 Å². The number of carbonyl (C=O) groups is 3. The van der Waals surface area contributed by atoms with Gasteiger partial charge in [-0.1, -0.05) is 91.0 Å². The molecular weight excluding hydrogens is 728 g/mol. The molecule has 3 aromatic rings. The van der Waals surface area contributed by atoms with Gasteiger partial charge in [0.05, 0.1) is 11.5 Å². The molecule has 282 valence electrons. The van der Waals surface area contributed by atoms with Gasteiger partial charge in [0.25, 0.3) is 0 Å². The lowest BCUT2D eigenvalue weighted by molar-refractivity contribution is -0.147. The lowest BCUT2D eigenvalue weighted by atomic mass is 9.67. The molecule has 3 heterocycles. The van der Waals surface area contributed by atoms with E-state index in [9.17, 15) is 19.5 Å². The Hall–Kier alpha value is -3.53. The number of likely N-dealkylation sites (tertiary alicyclic amines) is 3. The monoisotopic (exact) mass is 782 g/mol. The molecule has 8 rings (SSSR count). The number of carbonyl (C=O) groups excluding carboxylic acids is 3. The average Bonchev–Trinajstić information content (AvgIpc) is 4.12. The van der Waals surface area contributed by atoms with Crippen molar-refractivity contribution in [1.29, 1.82) is 0 Å². The van der Waals surface area contributed by atoms with E-state index in [1.54, 1.807) is 9.80 Å². The van der Waals surface area contributed by atoms with Gasteiger partial charge in [0.1, 0.15) is 12.1 Å². The number of β-amino-alcohol motifs (C(OH)–C–C–N with tert-alkyl or cyclic N) is 1. The lowest BCUT2D eigenvalue weighted by Gasteiger charge is -2.39. The second kappa shape index (κ2) is 16.5. The highest BCUT2D eigenvalue weighted by atomic mass is 79.9. The van der Waals surface area contributed by atoms with Gasteiger partial charge >= 0.3 is 0 Å². The molecule has 53 heavy (non-hydrogen) atoms. The van der Waals surface area contributed by atoms with Gasteiger partial charge in [0.15, 0.2) is 0 Å². The molecule has 0 radical (unpaired) electrons. The SMILES string of the molecule is Br.O=C(NC[C@H]1CCCN(C(C2CC2)C2CC2)C1)[C@H]1CCCN1C(=O)[C@@H]1C[C@@H](O)CN1C(=O)CC(c1ccccc1)(c1ccccc1)c1ccccc1. The van der Waals surface area contributed by atoms with Gasteiger partial charge in [-0.25, -0.2) is 0 Å². The summed E-state index contributed by atoms with van der Waals surface area (Å²) in [5.74, 6) is 1.69. The van der Waals surface area contributed by atoms with Gasteiger partial charge in [-0.2, -0.15) is 0 Å². The summed E-state index contributed by atoms with van der Waals surface area (Å²) in [7, 11) is 0. The van der Waals surface area contributed by atoms with Crippen molar-refractivity contribution in [1.82, 2.24) is 20.0 Å². The number of rotatable bonds is 12. The molecule has 0 spiro atoms. The lowest BCUT2D eigenvalue weighted by Crippen LogP contribution is -2.54. The first-order valence-corrected chi connectivity index (χ1v) is 19.9. The molecule has 3 saturated heterocycles. The van der Waals surface area contributed by atoms with Crippen LogP contribution in [0.1, 0.15) is 80.9 Å². The third-order valence-corrected chi connectivity index (χ3v) is 12.7. The van der Waals surface area contributed by atoms with E-state index in [-0.39, 0.29) is 54.1 Å². The van der Waals surface area contributed by atoms with Crippen molar-refractivity contribution in [3.8, 4) is 0 Å². The highest BCUT2D eigenvalue weighted by Gasteiger charge is 2.48. The number of nitrogens with one attached hydrogen (secondary N) is 1. The van der Waals surface area contributed by atoms with Crippen LogP contribution in [0.2, 0.25) is 0 Å². The summed E-state index contributed by atoms with van der Waals surface area (Å²) >= 11 is 0. The molecule has 5 aliphatic rings. The normalized spacial score (nSPS) is 24.9. The van der Waals surface area contributed by atoms with Gasteiger partial charge in [0.2, 0.25) is 17.7 Å². The number of aliphatic hydroxyl groups excluding tert-OH is 1. The molecule has 0 bridgehead atoms. The molecule has 0 unspecified atom stereocenters. The molecule has 3 amide bonds. The van der Waals surface area contributed by atoms with Gasteiger partial charge in [-0.15, -0.1) is 17.0 Å². The van der Waals surface area contributed by atoms with Gasteiger partial charge in [-0.05, 0) is 92.4 Å². The first-order chi connectivity index (χ1) is 25.4. The highest BCUT2D eigenvalue weighted by molar-refractivity contribution is 8.93. The number of aliphatic hydroxyl groups is 1. The van der Waals surface area contributed by atoms with Crippen molar-refractivity contribution >= 4 is 34.7 Å². The first-order valence-electron chi connectivity index (χ1n) is 19.9. The molecule has 2 aliphatic carbocycles. The molecular formula is C44H55BrN4O4. The van der Waals surface area contributed by atoms with Crippen LogP contribution in [0.5, 0.6) is 0 Å². The van der Waals surface area contributed by atoms with E-state index in [2.05, 4.69) is 46.6 Å². The second-order valence-electron chi connectivity index (χ2n) is 16.2. The van der Waals surface area contributed by atoms with Crippen LogP contribution in [0.3, 0.4) is 0 Å². The average molecular weight is 784 g/mol. The summed E-state index contributed by atoms with van der Waals surface area (Å²) in [5, 5.41) is 14.2. The Morgan fingerprint density at radius 3 is 1.79 bits per heavy atom. The first kappa shape index (κ1) is 37.8. The van der Waals surface area contributed by atoms with Gasteiger partial charge in [-0.3, -0.25) is 19.3 Å². The Morgan fingerprint density at radius 2 is 1.25 bits per heavy atom. The number of hydrogen-bond donors (Lipinski definition) is 2. The van der Waals surface area contributed by atoms with Crippen LogP contribution in [0.4, 0.5) is 0 Å². The minimum absolute atomic E-state index is 0. The van der Waals surface area contributed by atoms with E-state index >= 15 is 0 Å². The Balaban J connectivity index is 0.00000435. The number of piperidine rings is 1. The van der Waals surface area contributed by atoms with E-state index in [4.69, 9.17) is 0 Å². The Morgan fingerprint density at radius 1 is 0.698 bits per heavy atom. The van der Waals surface area contributed by atoms with Crippen LogP contribution in [0, 0.1) is 17.8 Å². The van der Waals surface area contributed by atoms with Crippen LogP contribution in [0.25, 0.3) is 0 Å². The second-order valence-corrected chi connectivity index (χ2v) is 16.2. The Labute approximate surface area is 325 Å². The third kappa shape index (κ3) is 7.99. The summed E-state index contributed by atoms with van der Waals surface area (Å²) in [6.07, 6.45) is 8.61. The molecule has 3 aromatic carbocycles. The molecule has 0 aromatic heterocycles. The van der Waals surface area contributed by atoms with E-state index in [0.29, 0.717) is 25.4 Å². The molecule has 9 heteroatoms. The van der Waals surface area contributed by atoms with E-state index in [1.807, 2.05) is 54.6 Å². The van der Waals surface area contributed by atoms with E-state index in [0.717, 1.165) is 54.0 Å². The molecule has 5 fully saturated rings. The number of nitrogens with zero attached hydrogens (tertiary/aromatic N) is 3. The zero-order valence-corrected chi connectivity index (χ0v) is 32.4. The number of benzene rings is 3. The topological polar surface area (TPSA) is 93.2 Å². The number of halogens is 1. The third-order valence-electron chi connectivity index (χ3n) is 12.7. The molecule has 8 nitrogen and oxygen atoms in total. The van der Waals surface area contributed by atoms with Crippen LogP contribution >= 0.6 is 17.0 Å². The predicted molar refractivity (Wildman–Crippen MR) is 212 cm³/mol. The summed E-state index contributed by atoms with van der Waals surface area (Å²) < 4.78 is 0. The van der Waals surface area contributed by atoms with Gasteiger partial charge < -0.3 is 20.2 Å². The van der Waals surface area contributed by atoms with E-state index < -0.39 is 23.6 Å². The number of amides is 3. The van der Waals surface area contributed by atoms with Crippen LogP contribution in [-0.2, 0) is 19.8 Å². The maximum absolute atomic E-state index is 14.7. The Kier molecular flexibility index (Phi) is 11.7. The number of hydrogen-bond acceptors (Lipinski definition) is 5. The smallest absolute Gasteiger partial charge is 0.246 e. The molecule has 4 atom stereocenters. The van der Waals surface area contributed by atoms with Crippen LogP contribution in [0.15, 0.2) is 91.0 Å². The maximum Gasteiger partial charge on any atom is 0.246 e. The van der Waals surface area contributed by atoms with E-state index in [1.165, 1.54) is 38.6 Å². The molecule has 3 aliphatic heterocycles. The van der Waals surface area contributed by atoms with Crippen LogP contribution < -0.4 is 5.32 Å². The minimum Gasteiger partial charge on any atom is -0.391 e. The highest BCUT2D eigenvalue weighted by Crippen LogP contribution is 2.48. The van der Waals surface area contributed by atoms with Gasteiger partial charge in [0, 0.05) is 45.1 Å². The standard InChI is InChI=1S/C44H54N4O4.BrH/c49-37-26-39(43(52)47-25-11-19-38(47)42(51)45-28-31-12-10-24-46(29-31)41(32-20-21-32)33-22-23-33)48(30-37)40(50)27-44(34-13-4-1-5-14-34,35-15-6-2-7-16-35)36-17-8-3-9-18-36;/h1-9,13-18,31-33,37-39,41,49H,10-12,19-30H2,(H,45,51);1H/t31-,37-,38-,39+;/m1./s1. The summed E-state index contributed by atoms with van der Waals surface area (Å²) in [5.41, 5.74) is 2.13. The largest absolute Gasteiger partial charge is 0.391 e. The predicted octanol–water partition coefficient (Wildman–Crippen LogP) is 5.96. The minimum atomic E-state index is -0.815. The fourth-order valence-electron chi connectivity index (χ4n) is 9.87. The fourth-order valence-corrected chi connectivity index (χ4v) is 9.87. The quantitative estimate of drug-likeness (QED) is 0.222. The van der Waals surface area contributed by atoms with Crippen molar-refractivity contribution in [3.63, 3.8) is 0 Å². The summed E-state index contributed by atoms with van der Waals surface area (Å²) in [6.45, 7) is 3.45. The van der Waals surface area contributed by atoms with Crippen LogP contribution in [-0.4, -0.2) is 94.5 Å². The van der Waals surface area contributed by atoms with Crippen molar-refractivity contribution in [2.24, 2.45) is 17.8 Å². The zero-order valence-electron chi connectivity index (χ0n) is 30.7. The zero-order chi connectivity index (χ0) is 35.7. The fraction of sp³-hybridized carbons (Fsp3) is 0.523. The Bertz CT molecular complexity index is 1590.